The van der Waals surface area contributed by atoms with Gasteiger partial charge in [-0.15, -0.1) is 0 Å². The Labute approximate surface area is 114 Å². The van der Waals surface area contributed by atoms with Gasteiger partial charge < -0.3 is 10.0 Å². The normalized spacial score (nSPS) is 32.5. The number of carbonyl (C=O) groups is 2. The summed E-state index contributed by atoms with van der Waals surface area (Å²) in [7, 11) is 0. The van der Waals surface area contributed by atoms with E-state index in [2.05, 4.69) is 18.7 Å². The average molecular weight is 268 g/mol. The highest BCUT2D eigenvalue weighted by atomic mass is 16.4. The van der Waals surface area contributed by atoms with Crippen LogP contribution in [0.2, 0.25) is 0 Å². The van der Waals surface area contributed by atoms with E-state index >= 15 is 0 Å². The molecule has 5 heteroatoms. The third-order valence-corrected chi connectivity index (χ3v) is 4.55. The van der Waals surface area contributed by atoms with Crippen molar-refractivity contribution in [2.24, 2.45) is 0 Å². The van der Waals surface area contributed by atoms with Gasteiger partial charge in [0.1, 0.15) is 6.04 Å². The lowest BCUT2D eigenvalue weighted by Gasteiger charge is -2.39. The van der Waals surface area contributed by atoms with Crippen LogP contribution in [-0.2, 0) is 9.59 Å². The summed E-state index contributed by atoms with van der Waals surface area (Å²) in [6.45, 7) is 5.27. The van der Waals surface area contributed by atoms with Gasteiger partial charge in [0.25, 0.3) is 0 Å². The minimum Gasteiger partial charge on any atom is -0.480 e. The topological polar surface area (TPSA) is 60.9 Å². The molecule has 1 N–H and O–H groups in total. The molecule has 108 valence electrons. The predicted octanol–water partition coefficient (Wildman–Crippen LogP) is 1.32. The first-order chi connectivity index (χ1) is 9.00. The zero-order valence-corrected chi connectivity index (χ0v) is 11.8. The highest BCUT2D eigenvalue weighted by Gasteiger charge is 2.36. The van der Waals surface area contributed by atoms with Crippen molar-refractivity contribution in [3.8, 4) is 0 Å². The summed E-state index contributed by atoms with van der Waals surface area (Å²) >= 11 is 0. The van der Waals surface area contributed by atoms with Crippen LogP contribution in [0.15, 0.2) is 0 Å². The summed E-state index contributed by atoms with van der Waals surface area (Å²) in [6.07, 6.45) is 4.86. The number of carboxylic acids is 1. The summed E-state index contributed by atoms with van der Waals surface area (Å²) in [4.78, 5) is 27.2. The molecule has 0 spiro atoms. The number of rotatable bonds is 3. The fraction of sp³-hybridized carbons (Fsp3) is 0.857. The molecule has 0 aromatic heterocycles. The molecule has 2 saturated heterocycles. The first-order valence-electron chi connectivity index (χ1n) is 7.28. The number of carbonyl (C=O) groups excluding carboxylic acids is 1. The molecule has 0 radical (unpaired) electrons. The average Bonchev–Trinajstić information content (AvgIpc) is 2.83. The molecule has 5 nitrogen and oxygen atoms in total. The van der Waals surface area contributed by atoms with Gasteiger partial charge in [-0.3, -0.25) is 9.69 Å². The summed E-state index contributed by atoms with van der Waals surface area (Å²) < 4.78 is 0. The van der Waals surface area contributed by atoms with Crippen LogP contribution in [0, 0.1) is 0 Å². The lowest BCUT2D eigenvalue weighted by atomic mass is 9.97. The van der Waals surface area contributed by atoms with Gasteiger partial charge in [0.15, 0.2) is 0 Å². The van der Waals surface area contributed by atoms with Crippen molar-refractivity contribution < 1.29 is 14.7 Å². The maximum absolute atomic E-state index is 12.3. The first-order valence-corrected chi connectivity index (χ1v) is 7.28. The molecule has 0 bridgehead atoms. The summed E-state index contributed by atoms with van der Waals surface area (Å²) in [5.74, 6) is -0.893. The SMILES string of the molecule is CC1CCCC(C)N1CC(=O)N1CCCC1C(=O)O. The largest absolute Gasteiger partial charge is 0.480 e. The smallest absolute Gasteiger partial charge is 0.326 e. The second-order valence-electron chi connectivity index (χ2n) is 5.88. The van der Waals surface area contributed by atoms with Crippen molar-refractivity contribution in [2.45, 2.75) is 64.1 Å². The van der Waals surface area contributed by atoms with E-state index in [0.717, 1.165) is 19.3 Å². The van der Waals surface area contributed by atoms with E-state index in [4.69, 9.17) is 5.11 Å². The Bertz CT molecular complexity index is 349. The molecule has 2 aliphatic rings. The number of likely N-dealkylation sites (tertiary alicyclic amines) is 2. The monoisotopic (exact) mass is 268 g/mol. The first kappa shape index (κ1) is 14.3. The van der Waals surface area contributed by atoms with E-state index in [0.29, 0.717) is 31.6 Å². The van der Waals surface area contributed by atoms with Crippen LogP contribution in [0.1, 0.15) is 46.0 Å². The number of hydrogen-bond acceptors (Lipinski definition) is 3. The van der Waals surface area contributed by atoms with E-state index in [1.54, 1.807) is 4.90 Å². The van der Waals surface area contributed by atoms with E-state index in [9.17, 15) is 9.59 Å². The molecule has 19 heavy (non-hydrogen) atoms. The summed E-state index contributed by atoms with van der Waals surface area (Å²) in [5.41, 5.74) is 0. The number of amides is 1. The molecule has 1 amide bonds. The van der Waals surface area contributed by atoms with Crippen LogP contribution in [-0.4, -0.2) is 58.0 Å². The van der Waals surface area contributed by atoms with Crippen molar-refractivity contribution in [1.29, 1.82) is 0 Å². The molecule has 2 fully saturated rings. The maximum Gasteiger partial charge on any atom is 0.326 e. The Morgan fingerprint density at radius 3 is 2.32 bits per heavy atom. The number of piperidine rings is 1. The number of carboxylic acid groups (broad SMARTS) is 1. The molecule has 2 rings (SSSR count). The lowest BCUT2D eigenvalue weighted by molar-refractivity contribution is -0.149. The van der Waals surface area contributed by atoms with Crippen LogP contribution in [0.25, 0.3) is 0 Å². The minimum absolute atomic E-state index is 0.0227. The van der Waals surface area contributed by atoms with Crippen molar-refractivity contribution in [3.05, 3.63) is 0 Å². The Morgan fingerprint density at radius 2 is 1.74 bits per heavy atom. The van der Waals surface area contributed by atoms with Gasteiger partial charge in [-0.1, -0.05) is 6.42 Å². The Morgan fingerprint density at radius 1 is 1.11 bits per heavy atom. The van der Waals surface area contributed by atoms with Crippen molar-refractivity contribution in [3.63, 3.8) is 0 Å². The lowest BCUT2D eigenvalue weighted by Crippen LogP contribution is -2.51. The predicted molar refractivity (Wildman–Crippen MR) is 71.9 cm³/mol. The quantitative estimate of drug-likeness (QED) is 0.838. The third-order valence-electron chi connectivity index (χ3n) is 4.55. The van der Waals surface area contributed by atoms with E-state index in [1.807, 2.05) is 0 Å². The van der Waals surface area contributed by atoms with Crippen LogP contribution in [0.5, 0.6) is 0 Å². The third kappa shape index (κ3) is 3.08. The van der Waals surface area contributed by atoms with E-state index < -0.39 is 12.0 Å². The molecule has 2 heterocycles. The maximum atomic E-state index is 12.3. The van der Waals surface area contributed by atoms with Gasteiger partial charge in [0, 0.05) is 18.6 Å². The fourth-order valence-corrected chi connectivity index (χ4v) is 3.36. The Balaban J connectivity index is 1.98. The molecule has 3 atom stereocenters. The number of nitrogens with zero attached hydrogens (tertiary/aromatic N) is 2. The Kier molecular flexibility index (Phi) is 4.45. The van der Waals surface area contributed by atoms with Crippen LogP contribution in [0.3, 0.4) is 0 Å². The molecular formula is C14H24N2O3. The molecule has 3 unspecified atom stereocenters. The van der Waals surface area contributed by atoms with E-state index in [-0.39, 0.29) is 5.91 Å². The van der Waals surface area contributed by atoms with Gasteiger partial charge in [0.05, 0.1) is 6.54 Å². The highest BCUT2D eigenvalue weighted by molar-refractivity contribution is 5.85. The standard InChI is InChI=1S/C14H24N2O3/c1-10-5-3-6-11(2)16(10)9-13(17)15-8-4-7-12(15)14(18)19/h10-12H,3-9H2,1-2H3,(H,18,19). The zero-order valence-electron chi connectivity index (χ0n) is 11.8. The number of aliphatic carboxylic acids is 1. The summed E-state index contributed by atoms with van der Waals surface area (Å²) in [5, 5.41) is 9.13. The van der Waals surface area contributed by atoms with Gasteiger partial charge in [-0.2, -0.15) is 0 Å². The summed E-state index contributed by atoms with van der Waals surface area (Å²) in [6, 6.07) is 0.222. The molecule has 2 aliphatic heterocycles. The van der Waals surface area contributed by atoms with Crippen molar-refractivity contribution in [1.82, 2.24) is 9.80 Å². The minimum atomic E-state index is -0.870. The second kappa shape index (κ2) is 5.90. The van der Waals surface area contributed by atoms with Crippen molar-refractivity contribution in [2.75, 3.05) is 13.1 Å². The van der Waals surface area contributed by atoms with Gasteiger partial charge in [-0.25, -0.2) is 4.79 Å². The van der Waals surface area contributed by atoms with Crippen molar-refractivity contribution >= 4 is 11.9 Å². The molecule has 0 aliphatic carbocycles. The number of hydrogen-bond donors (Lipinski definition) is 1. The molecular weight excluding hydrogens is 244 g/mol. The highest BCUT2D eigenvalue weighted by Crippen LogP contribution is 2.24. The Hall–Kier alpha value is -1.10. The van der Waals surface area contributed by atoms with Gasteiger partial charge in [0.2, 0.25) is 5.91 Å². The van der Waals surface area contributed by atoms with Gasteiger partial charge >= 0.3 is 5.97 Å². The molecule has 0 saturated carbocycles. The van der Waals surface area contributed by atoms with Crippen LogP contribution >= 0.6 is 0 Å². The molecule has 0 aromatic rings. The van der Waals surface area contributed by atoms with E-state index in [1.165, 1.54) is 6.42 Å². The second-order valence-corrected chi connectivity index (χ2v) is 5.88. The zero-order chi connectivity index (χ0) is 14.0. The van der Waals surface area contributed by atoms with Crippen LogP contribution in [0.4, 0.5) is 0 Å². The van der Waals surface area contributed by atoms with Gasteiger partial charge in [-0.05, 0) is 39.5 Å². The fourth-order valence-electron chi connectivity index (χ4n) is 3.36. The van der Waals surface area contributed by atoms with Crippen LogP contribution < -0.4 is 0 Å². The molecule has 0 aromatic carbocycles.